The number of aliphatic hydroxyl groups is 2. The molecule has 0 aromatic carbocycles. The van der Waals surface area contributed by atoms with Crippen molar-refractivity contribution in [3.63, 3.8) is 0 Å². The van der Waals surface area contributed by atoms with Gasteiger partial charge in [-0.25, -0.2) is 0 Å². The molecule has 3 nitrogen and oxygen atoms in total. The number of hydrogen-bond donors (Lipinski definition) is 2. The molecule has 0 bridgehead atoms. The van der Waals surface area contributed by atoms with Crippen LogP contribution in [0, 0.1) is 28.6 Å². The molecule has 6 atom stereocenters. The Kier molecular flexibility index (Phi) is 4.28. The lowest BCUT2D eigenvalue weighted by molar-refractivity contribution is -0.130. The van der Waals surface area contributed by atoms with Crippen LogP contribution in [-0.4, -0.2) is 28.2 Å². The van der Waals surface area contributed by atoms with Gasteiger partial charge in [-0.15, -0.1) is 0 Å². The highest BCUT2D eigenvalue weighted by molar-refractivity contribution is 5.92. The zero-order chi connectivity index (χ0) is 18.7. The highest BCUT2D eigenvalue weighted by Crippen LogP contribution is 2.68. The van der Waals surface area contributed by atoms with E-state index in [1.807, 2.05) is 6.08 Å². The van der Waals surface area contributed by atoms with Gasteiger partial charge in [-0.3, -0.25) is 4.79 Å². The summed E-state index contributed by atoms with van der Waals surface area (Å²) < 4.78 is 0. The Morgan fingerprint density at radius 2 is 1.92 bits per heavy atom. The van der Waals surface area contributed by atoms with Crippen LogP contribution in [0.3, 0.4) is 0 Å². The van der Waals surface area contributed by atoms with Crippen LogP contribution in [0.4, 0.5) is 0 Å². The molecule has 3 fully saturated rings. The maximum absolute atomic E-state index is 12.0. The van der Waals surface area contributed by atoms with E-state index in [1.54, 1.807) is 0 Å². The average molecular weight is 359 g/mol. The van der Waals surface area contributed by atoms with Gasteiger partial charge in [0.2, 0.25) is 0 Å². The Hall–Kier alpha value is -0.930. The molecule has 0 aliphatic heterocycles. The van der Waals surface area contributed by atoms with Crippen LogP contribution in [0.5, 0.6) is 0 Å². The Balaban J connectivity index is 1.67. The van der Waals surface area contributed by atoms with Crippen molar-refractivity contribution in [2.24, 2.45) is 28.6 Å². The molecule has 0 aromatic heterocycles. The molecule has 0 spiro atoms. The van der Waals surface area contributed by atoms with Crippen LogP contribution >= 0.6 is 0 Å². The Morgan fingerprint density at radius 1 is 1.19 bits per heavy atom. The minimum atomic E-state index is -0.633. The molecule has 144 valence electrons. The van der Waals surface area contributed by atoms with Crippen molar-refractivity contribution >= 4 is 5.78 Å². The molecule has 2 N–H and O–H groups in total. The van der Waals surface area contributed by atoms with Gasteiger partial charge in [-0.05, 0) is 91.6 Å². The third-order valence-corrected chi connectivity index (χ3v) is 9.00. The van der Waals surface area contributed by atoms with Crippen LogP contribution in [0.1, 0.15) is 71.6 Å². The van der Waals surface area contributed by atoms with Crippen LogP contribution in [0.25, 0.3) is 0 Å². The molecule has 1 unspecified atom stereocenters. The first-order valence-electron chi connectivity index (χ1n) is 10.5. The molecule has 0 heterocycles. The van der Waals surface area contributed by atoms with Gasteiger partial charge in [-0.2, -0.15) is 0 Å². The second-order valence-corrected chi connectivity index (χ2v) is 9.98. The number of aliphatic hydroxyl groups excluding tert-OH is 1. The molecule has 4 aliphatic rings. The summed E-state index contributed by atoms with van der Waals surface area (Å²) >= 11 is 0. The van der Waals surface area contributed by atoms with Gasteiger partial charge in [0.05, 0.1) is 5.60 Å². The van der Waals surface area contributed by atoms with Gasteiger partial charge in [0.15, 0.2) is 5.78 Å². The first kappa shape index (κ1) is 18.4. The molecule has 26 heavy (non-hydrogen) atoms. The maximum atomic E-state index is 12.0. The van der Waals surface area contributed by atoms with Gasteiger partial charge in [0.25, 0.3) is 0 Å². The Labute approximate surface area is 157 Å². The van der Waals surface area contributed by atoms with Crippen LogP contribution < -0.4 is 0 Å². The smallest absolute Gasteiger partial charge is 0.156 e. The standard InChI is InChI=1S/C23H34O3/c1-15-13-17-18(21(2)9-5-16(25)14-20(15)21)6-10-22(3)19(17)7-11-23(22,26)8-4-12-24/h14,17-19,24,26H,1,4-13H2,2-3H3/t17-,18-,19+,21-,22+,23?/m1/s1. The molecule has 4 rings (SSSR count). The first-order valence-corrected chi connectivity index (χ1v) is 10.5. The minimum absolute atomic E-state index is 0.0499. The summed E-state index contributed by atoms with van der Waals surface area (Å²) in [5.74, 6) is 1.96. The number of ketones is 1. The van der Waals surface area contributed by atoms with Gasteiger partial charge in [0.1, 0.15) is 0 Å². The van der Waals surface area contributed by atoms with E-state index in [-0.39, 0.29) is 23.2 Å². The van der Waals surface area contributed by atoms with Crippen molar-refractivity contribution in [3.8, 4) is 0 Å². The molecule has 4 aliphatic carbocycles. The Morgan fingerprint density at radius 3 is 2.65 bits per heavy atom. The highest BCUT2D eigenvalue weighted by Gasteiger charge is 2.63. The molecule has 0 amide bonds. The quantitative estimate of drug-likeness (QED) is 0.795. The van der Waals surface area contributed by atoms with Gasteiger partial charge < -0.3 is 10.2 Å². The van der Waals surface area contributed by atoms with Crippen LogP contribution in [0.15, 0.2) is 23.8 Å². The first-order chi connectivity index (χ1) is 12.2. The SMILES string of the molecule is C=C1C[C@@H]2[C@@H](CC[C@@]3(C)[C@H]2CCC3(O)CCCO)[C@@]2(C)CCC(=O)C=C12. The summed E-state index contributed by atoms with van der Waals surface area (Å²) in [5.41, 5.74) is 1.79. The van der Waals surface area contributed by atoms with Gasteiger partial charge in [-0.1, -0.05) is 26.0 Å². The minimum Gasteiger partial charge on any atom is -0.396 e. The molecular formula is C23H34O3. The van der Waals surface area contributed by atoms with E-state index in [9.17, 15) is 15.0 Å². The molecule has 0 radical (unpaired) electrons. The van der Waals surface area contributed by atoms with E-state index in [2.05, 4.69) is 20.4 Å². The zero-order valence-corrected chi connectivity index (χ0v) is 16.4. The Bertz CT molecular complexity index is 664. The number of carbonyl (C=O) groups excluding carboxylic acids is 1. The van der Waals surface area contributed by atoms with Gasteiger partial charge >= 0.3 is 0 Å². The van der Waals surface area contributed by atoms with E-state index in [1.165, 1.54) is 5.57 Å². The molecule has 3 saturated carbocycles. The summed E-state index contributed by atoms with van der Waals surface area (Å²) in [7, 11) is 0. The zero-order valence-electron chi connectivity index (χ0n) is 16.4. The van der Waals surface area contributed by atoms with E-state index < -0.39 is 5.60 Å². The predicted molar refractivity (Wildman–Crippen MR) is 103 cm³/mol. The molecular weight excluding hydrogens is 324 g/mol. The summed E-state index contributed by atoms with van der Waals surface area (Å²) in [4.78, 5) is 12.0. The third-order valence-electron chi connectivity index (χ3n) is 9.00. The fourth-order valence-corrected chi connectivity index (χ4v) is 7.46. The van der Waals surface area contributed by atoms with Crippen molar-refractivity contribution in [2.45, 2.75) is 77.2 Å². The van der Waals surface area contributed by atoms with Crippen LogP contribution in [0.2, 0.25) is 0 Å². The third kappa shape index (κ3) is 2.36. The number of fused-ring (bicyclic) bond motifs is 5. The van der Waals surface area contributed by atoms with E-state index in [4.69, 9.17) is 0 Å². The summed E-state index contributed by atoms with van der Waals surface area (Å²) in [6.07, 6.45) is 10.0. The van der Waals surface area contributed by atoms with E-state index >= 15 is 0 Å². The number of rotatable bonds is 3. The number of hydrogen-bond acceptors (Lipinski definition) is 3. The largest absolute Gasteiger partial charge is 0.396 e. The summed E-state index contributed by atoms with van der Waals surface area (Å²) in [6.45, 7) is 9.20. The van der Waals surface area contributed by atoms with Crippen molar-refractivity contribution in [1.82, 2.24) is 0 Å². The van der Waals surface area contributed by atoms with E-state index in [0.717, 1.165) is 44.1 Å². The molecule has 0 aromatic rings. The monoisotopic (exact) mass is 358 g/mol. The fraction of sp³-hybridized carbons (Fsp3) is 0.783. The molecule has 3 heteroatoms. The maximum Gasteiger partial charge on any atom is 0.156 e. The summed E-state index contributed by atoms with van der Waals surface area (Å²) in [6, 6.07) is 0. The number of carbonyl (C=O) groups is 1. The van der Waals surface area contributed by atoms with Gasteiger partial charge in [0, 0.05) is 13.0 Å². The second-order valence-electron chi connectivity index (χ2n) is 9.98. The predicted octanol–water partition coefficient (Wildman–Crippen LogP) is 4.19. The fourth-order valence-electron chi connectivity index (χ4n) is 7.46. The summed E-state index contributed by atoms with van der Waals surface area (Å²) in [5, 5.41) is 20.7. The lowest BCUT2D eigenvalue weighted by Gasteiger charge is -2.59. The van der Waals surface area contributed by atoms with Crippen LogP contribution in [-0.2, 0) is 4.79 Å². The second kappa shape index (κ2) is 6.04. The van der Waals surface area contributed by atoms with Crippen molar-refractivity contribution < 1.29 is 15.0 Å². The van der Waals surface area contributed by atoms with E-state index in [0.29, 0.717) is 37.0 Å². The lowest BCUT2D eigenvalue weighted by atomic mass is 9.45. The van der Waals surface area contributed by atoms with Crippen molar-refractivity contribution in [1.29, 1.82) is 0 Å². The molecule has 0 saturated heterocycles. The van der Waals surface area contributed by atoms with Crippen molar-refractivity contribution in [2.75, 3.05) is 6.61 Å². The lowest BCUT2D eigenvalue weighted by Crippen LogP contribution is -2.55. The van der Waals surface area contributed by atoms with Crippen molar-refractivity contribution in [3.05, 3.63) is 23.8 Å². The topological polar surface area (TPSA) is 57.5 Å². The number of allylic oxidation sites excluding steroid dienone is 2. The highest BCUT2D eigenvalue weighted by atomic mass is 16.3. The normalized spacial score (nSPS) is 47.8. The average Bonchev–Trinajstić information content (AvgIpc) is 2.87.